The van der Waals surface area contributed by atoms with E-state index < -0.39 is 11.8 Å². The van der Waals surface area contributed by atoms with E-state index in [0.29, 0.717) is 23.8 Å². The Morgan fingerprint density at radius 2 is 1.66 bits per heavy atom. The number of ether oxygens (including phenoxy) is 1. The normalized spacial score (nSPS) is 13.2. The lowest BCUT2D eigenvalue weighted by Crippen LogP contribution is -2.36. The van der Waals surface area contributed by atoms with Crippen molar-refractivity contribution in [3.63, 3.8) is 0 Å². The first-order valence-corrected chi connectivity index (χ1v) is 11.9. The number of hydrogen-bond acceptors (Lipinski definition) is 4. The summed E-state index contributed by atoms with van der Waals surface area (Å²) in [5.41, 5.74) is 3.83. The predicted molar refractivity (Wildman–Crippen MR) is 136 cm³/mol. The monoisotopic (exact) mass is 470 g/mol. The number of nitrogens with one attached hydrogen (secondary N) is 2. The van der Waals surface area contributed by atoms with Gasteiger partial charge in [-0.25, -0.2) is 0 Å². The second-order valence-electron chi connectivity index (χ2n) is 8.54. The third-order valence-corrected chi connectivity index (χ3v) is 5.81. The van der Waals surface area contributed by atoms with Crippen LogP contribution in [0, 0.1) is 0 Å². The molecule has 3 aromatic carbocycles. The molecular weight excluding hydrogens is 440 g/mol. The number of rotatable bonds is 11. The van der Waals surface area contributed by atoms with Gasteiger partial charge in [0.2, 0.25) is 0 Å². The SMILES string of the molecule is O=C(NCCO)C(=Cc1ccc(C2CC2)cc1)NC(=O)c1ccc(OCCc2ccccc2)cc1. The molecule has 1 fully saturated rings. The molecule has 35 heavy (non-hydrogen) atoms. The largest absolute Gasteiger partial charge is 0.493 e. The van der Waals surface area contributed by atoms with Gasteiger partial charge in [0.05, 0.1) is 13.2 Å². The summed E-state index contributed by atoms with van der Waals surface area (Å²) in [6.45, 7) is 0.448. The summed E-state index contributed by atoms with van der Waals surface area (Å²) in [6.07, 6.45) is 4.87. The zero-order valence-electron chi connectivity index (χ0n) is 19.6. The maximum absolute atomic E-state index is 12.9. The summed E-state index contributed by atoms with van der Waals surface area (Å²) in [5, 5.41) is 14.4. The quantitative estimate of drug-likeness (QED) is 0.369. The lowest BCUT2D eigenvalue weighted by Gasteiger charge is -2.12. The van der Waals surface area contributed by atoms with Crippen LogP contribution in [0.3, 0.4) is 0 Å². The van der Waals surface area contributed by atoms with Crippen LogP contribution in [0.25, 0.3) is 6.08 Å². The Bertz CT molecular complexity index is 1150. The second kappa shape index (κ2) is 12.0. The van der Waals surface area contributed by atoms with Crippen molar-refractivity contribution < 1.29 is 19.4 Å². The average molecular weight is 471 g/mol. The Hall–Kier alpha value is -3.90. The van der Waals surface area contributed by atoms with E-state index in [-0.39, 0.29) is 18.8 Å². The number of hydrogen-bond donors (Lipinski definition) is 3. The lowest BCUT2D eigenvalue weighted by molar-refractivity contribution is -0.117. The van der Waals surface area contributed by atoms with E-state index in [1.54, 1.807) is 30.3 Å². The van der Waals surface area contributed by atoms with Crippen LogP contribution >= 0.6 is 0 Å². The molecule has 6 heteroatoms. The summed E-state index contributed by atoms with van der Waals surface area (Å²) >= 11 is 0. The van der Waals surface area contributed by atoms with Gasteiger partial charge in [0, 0.05) is 18.5 Å². The fraction of sp³-hybridized carbons (Fsp3) is 0.241. The molecule has 180 valence electrons. The number of amides is 2. The van der Waals surface area contributed by atoms with Gasteiger partial charge in [0.1, 0.15) is 11.4 Å². The van der Waals surface area contributed by atoms with Gasteiger partial charge in [-0.05, 0) is 65.8 Å². The third kappa shape index (κ3) is 7.29. The number of carbonyl (C=O) groups is 2. The van der Waals surface area contributed by atoms with Gasteiger partial charge in [-0.1, -0.05) is 54.6 Å². The summed E-state index contributed by atoms with van der Waals surface area (Å²) < 4.78 is 5.79. The van der Waals surface area contributed by atoms with Crippen LogP contribution in [0.2, 0.25) is 0 Å². The van der Waals surface area contributed by atoms with Crippen LogP contribution in [-0.2, 0) is 11.2 Å². The Balaban J connectivity index is 1.39. The Labute approximate surface area is 205 Å². The van der Waals surface area contributed by atoms with E-state index in [2.05, 4.69) is 34.9 Å². The minimum absolute atomic E-state index is 0.0989. The molecule has 0 saturated heterocycles. The zero-order valence-corrected chi connectivity index (χ0v) is 19.6. The summed E-state index contributed by atoms with van der Waals surface area (Å²) in [5.74, 6) is 0.454. The summed E-state index contributed by atoms with van der Waals surface area (Å²) in [6, 6.07) is 24.9. The van der Waals surface area contributed by atoms with E-state index >= 15 is 0 Å². The van der Waals surface area contributed by atoms with E-state index in [1.165, 1.54) is 24.0 Å². The van der Waals surface area contributed by atoms with Gasteiger partial charge in [-0.15, -0.1) is 0 Å². The standard InChI is InChI=1S/C29H30N2O4/c32-18-17-30-29(34)27(20-22-6-8-23(9-7-22)24-10-11-24)31-28(33)25-12-14-26(15-13-25)35-19-16-21-4-2-1-3-5-21/h1-9,12-15,20,24,32H,10-11,16-19H2,(H,30,34)(H,31,33). The Kier molecular flexibility index (Phi) is 8.30. The molecule has 0 heterocycles. The van der Waals surface area contributed by atoms with Crippen molar-refractivity contribution in [2.45, 2.75) is 25.2 Å². The summed E-state index contributed by atoms with van der Waals surface area (Å²) in [7, 11) is 0. The minimum atomic E-state index is -0.459. The first kappa shape index (κ1) is 24.2. The molecule has 0 aromatic heterocycles. The molecule has 0 atom stereocenters. The first-order chi connectivity index (χ1) is 17.1. The van der Waals surface area contributed by atoms with Crippen molar-refractivity contribution in [2.75, 3.05) is 19.8 Å². The van der Waals surface area contributed by atoms with Gasteiger partial charge in [-0.3, -0.25) is 9.59 Å². The van der Waals surface area contributed by atoms with Gasteiger partial charge in [0.25, 0.3) is 11.8 Å². The molecule has 0 spiro atoms. The van der Waals surface area contributed by atoms with Crippen LogP contribution in [0.5, 0.6) is 5.75 Å². The minimum Gasteiger partial charge on any atom is -0.493 e. The highest BCUT2D eigenvalue weighted by atomic mass is 16.5. The summed E-state index contributed by atoms with van der Waals surface area (Å²) in [4.78, 5) is 25.5. The molecular formula is C29H30N2O4. The fourth-order valence-electron chi connectivity index (χ4n) is 3.70. The van der Waals surface area contributed by atoms with Crippen molar-refractivity contribution in [1.82, 2.24) is 10.6 Å². The van der Waals surface area contributed by atoms with Gasteiger partial charge in [-0.2, -0.15) is 0 Å². The van der Waals surface area contributed by atoms with Crippen LogP contribution in [0.4, 0.5) is 0 Å². The molecule has 3 N–H and O–H groups in total. The van der Waals surface area contributed by atoms with Crippen LogP contribution < -0.4 is 15.4 Å². The van der Waals surface area contributed by atoms with Crippen LogP contribution in [-0.4, -0.2) is 36.7 Å². The highest BCUT2D eigenvalue weighted by molar-refractivity contribution is 6.05. The van der Waals surface area contributed by atoms with Crippen LogP contribution in [0.15, 0.2) is 84.6 Å². The second-order valence-corrected chi connectivity index (χ2v) is 8.54. The topological polar surface area (TPSA) is 87.7 Å². The van der Waals surface area contributed by atoms with E-state index in [1.807, 2.05) is 30.3 Å². The van der Waals surface area contributed by atoms with Crippen molar-refractivity contribution in [1.29, 1.82) is 0 Å². The number of carbonyl (C=O) groups excluding carboxylic acids is 2. The smallest absolute Gasteiger partial charge is 0.267 e. The van der Waals surface area contributed by atoms with E-state index in [4.69, 9.17) is 9.84 Å². The predicted octanol–water partition coefficient (Wildman–Crippen LogP) is 4.06. The molecule has 2 amide bonds. The fourth-order valence-corrected chi connectivity index (χ4v) is 3.70. The third-order valence-electron chi connectivity index (χ3n) is 5.81. The lowest BCUT2D eigenvalue weighted by atomic mass is 10.1. The van der Waals surface area contributed by atoms with Crippen molar-refractivity contribution in [3.05, 3.63) is 107 Å². The highest BCUT2D eigenvalue weighted by Crippen LogP contribution is 2.39. The molecule has 1 aliphatic rings. The molecule has 0 unspecified atom stereocenters. The highest BCUT2D eigenvalue weighted by Gasteiger charge is 2.23. The number of benzene rings is 3. The molecule has 0 radical (unpaired) electrons. The average Bonchev–Trinajstić information content (AvgIpc) is 3.74. The van der Waals surface area contributed by atoms with Crippen molar-refractivity contribution >= 4 is 17.9 Å². The maximum Gasteiger partial charge on any atom is 0.267 e. The van der Waals surface area contributed by atoms with E-state index in [0.717, 1.165) is 12.0 Å². The van der Waals surface area contributed by atoms with Gasteiger partial charge < -0.3 is 20.5 Å². The Morgan fingerprint density at radius 3 is 2.31 bits per heavy atom. The first-order valence-electron chi connectivity index (χ1n) is 11.9. The Morgan fingerprint density at radius 1 is 0.943 bits per heavy atom. The van der Waals surface area contributed by atoms with Crippen molar-refractivity contribution in [3.8, 4) is 5.75 Å². The maximum atomic E-state index is 12.9. The van der Waals surface area contributed by atoms with Crippen molar-refractivity contribution in [2.24, 2.45) is 0 Å². The van der Waals surface area contributed by atoms with Gasteiger partial charge >= 0.3 is 0 Å². The molecule has 4 rings (SSSR count). The van der Waals surface area contributed by atoms with E-state index in [9.17, 15) is 9.59 Å². The molecule has 0 aliphatic heterocycles. The molecule has 0 bridgehead atoms. The van der Waals surface area contributed by atoms with Gasteiger partial charge in [0.15, 0.2) is 0 Å². The zero-order chi connectivity index (χ0) is 24.5. The number of aliphatic hydroxyl groups is 1. The number of aliphatic hydroxyl groups excluding tert-OH is 1. The molecule has 3 aromatic rings. The molecule has 6 nitrogen and oxygen atoms in total. The molecule has 1 saturated carbocycles. The van der Waals surface area contributed by atoms with Crippen LogP contribution in [0.1, 0.15) is 45.8 Å². The molecule has 1 aliphatic carbocycles.